The molecular formula is C20H21Cl2NO3. The highest BCUT2D eigenvalue weighted by Gasteiger charge is 2.23. The Morgan fingerprint density at radius 2 is 1.58 bits per heavy atom. The maximum atomic E-state index is 12.4. The molecule has 2 rings (SSSR count). The second-order valence-corrected chi connectivity index (χ2v) is 7.91. The van der Waals surface area contributed by atoms with E-state index in [1.807, 2.05) is 12.1 Å². The molecule has 0 saturated heterocycles. The van der Waals surface area contributed by atoms with E-state index >= 15 is 0 Å². The van der Waals surface area contributed by atoms with Crippen molar-refractivity contribution in [3.8, 4) is 0 Å². The minimum absolute atomic E-state index is 0.000343. The maximum Gasteiger partial charge on any atom is 0.326 e. The molecule has 0 aliphatic rings. The molecule has 0 bridgehead atoms. The normalized spacial score (nSPS) is 12.5. The topological polar surface area (TPSA) is 66.4 Å². The average Bonchev–Trinajstić information content (AvgIpc) is 2.56. The summed E-state index contributed by atoms with van der Waals surface area (Å²) in [4.78, 5) is 24.0. The molecule has 2 aromatic rings. The van der Waals surface area contributed by atoms with E-state index in [1.54, 1.807) is 30.3 Å². The lowest BCUT2D eigenvalue weighted by Crippen LogP contribution is -2.42. The van der Waals surface area contributed by atoms with E-state index in [9.17, 15) is 14.7 Å². The van der Waals surface area contributed by atoms with Gasteiger partial charge in [0.25, 0.3) is 5.91 Å². The molecule has 2 aromatic carbocycles. The van der Waals surface area contributed by atoms with Crippen LogP contribution in [0.2, 0.25) is 10.0 Å². The fraction of sp³-hybridized carbons (Fsp3) is 0.300. The molecule has 26 heavy (non-hydrogen) atoms. The van der Waals surface area contributed by atoms with Gasteiger partial charge < -0.3 is 10.4 Å². The molecule has 0 heterocycles. The van der Waals surface area contributed by atoms with Gasteiger partial charge in [0.05, 0.1) is 0 Å². The Hall–Kier alpha value is -2.04. The van der Waals surface area contributed by atoms with Crippen molar-refractivity contribution in [1.82, 2.24) is 5.32 Å². The van der Waals surface area contributed by atoms with E-state index in [0.717, 1.165) is 5.56 Å². The number of rotatable bonds is 5. The summed E-state index contributed by atoms with van der Waals surface area (Å²) in [6.07, 6.45) is -0.000343. The molecule has 1 amide bonds. The first-order chi connectivity index (χ1) is 12.1. The highest BCUT2D eigenvalue weighted by molar-refractivity contribution is 6.36. The summed E-state index contributed by atoms with van der Waals surface area (Å²) >= 11 is 12.2. The highest BCUT2D eigenvalue weighted by atomic mass is 35.5. The quantitative estimate of drug-likeness (QED) is 0.772. The van der Waals surface area contributed by atoms with E-state index in [-0.39, 0.29) is 11.8 Å². The molecule has 138 valence electrons. The summed E-state index contributed by atoms with van der Waals surface area (Å²) in [5.74, 6) is -1.61. The third-order valence-electron chi connectivity index (χ3n) is 4.09. The van der Waals surface area contributed by atoms with Gasteiger partial charge >= 0.3 is 5.97 Å². The predicted molar refractivity (Wildman–Crippen MR) is 104 cm³/mol. The number of hydrogen-bond donors (Lipinski definition) is 2. The molecule has 6 heteroatoms. The van der Waals surface area contributed by atoms with E-state index in [2.05, 4.69) is 26.1 Å². The number of carboxylic acids is 1. The van der Waals surface area contributed by atoms with Crippen LogP contribution in [0.25, 0.3) is 0 Å². The van der Waals surface area contributed by atoms with Crippen molar-refractivity contribution in [2.24, 2.45) is 0 Å². The number of amides is 1. The van der Waals surface area contributed by atoms with E-state index in [1.165, 1.54) is 0 Å². The molecule has 0 radical (unpaired) electrons. The van der Waals surface area contributed by atoms with Crippen LogP contribution in [0, 0.1) is 0 Å². The molecule has 2 N–H and O–H groups in total. The van der Waals surface area contributed by atoms with Crippen LogP contribution in [0.15, 0.2) is 42.5 Å². The zero-order valence-corrected chi connectivity index (χ0v) is 16.4. The Kier molecular flexibility index (Phi) is 6.32. The monoisotopic (exact) mass is 393 g/mol. The lowest BCUT2D eigenvalue weighted by Gasteiger charge is -2.20. The lowest BCUT2D eigenvalue weighted by molar-refractivity contribution is -0.139. The van der Waals surface area contributed by atoms with Crippen LogP contribution >= 0.6 is 23.2 Å². The van der Waals surface area contributed by atoms with E-state index in [4.69, 9.17) is 23.2 Å². The molecular weight excluding hydrogens is 373 g/mol. The van der Waals surface area contributed by atoms with Crippen molar-refractivity contribution in [3.63, 3.8) is 0 Å². The maximum absolute atomic E-state index is 12.4. The minimum Gasteiger partial charge on any atom is -0.480 e. The molecule has 0 saturated carbocycles. The van der Waals surface area contributed by atoms with Crippen LogP contribution in [0.1, 0.15) is 42.3 Å². The van der Waals surface area contributed by atoms with Crippen LogP contribution in [0.3, 0.4) is 0 Å². The van der Waals surface area contributed by atoms with Gasteiger partial charge in [-0.15, -0.1) is 0 Å². The number of carbonyl (C=O) groups is 2. The van der Waals surface area contributed by atoms with Crippen LogP contribution in [0.5, 0.6) is 0 Å². The Balaban J connectivity index is 2.17. The van der Waals surface area contributed by atoms with Gasteiger partial charge in [0, 0.05) is 22.0 Å². The van der Waals surface area contributed by atoms with Crippen molar-refractivity contribution in [1.29, 1.82) is 0 Å². The van der Waals surface area contributed by atoms with Crippen LogP contribution in [-0.4, -0.2) is 23.0 Å². The summed E-state index contributed by atoms with van der Waals surface area (Å²) in [6, 6.07) is 10.9. The molecule has 0 aliphatic carbocycles. The van der Waals surface area contributed by atoms with E-state index < -0.39 is 17.9 Å². The van der Waals surface area contributed by atoms with Crippen molar-refractivity contribution in [2.75, 3.05) is 0 Å². The molecule has 0 fully saturated rings. The minimum atomic E-state index is -1.15. The summed E-state index contributed by atoms with van der Waals surface area (Å²) in [7, 11) is 0. The zero-order chi connectivity index (χ0) is 19.5. The van der Waals surface area contributed by atoms with Gasteiger partial charge in [-0.05, 0) is 40.8 Å². The molecule has 0 spiro atoms. The molecule has 0 aliphatic heterocycles. The summed E-state index contributed by atoms with van der Waals surface area (Å²) in [5.41, 5.74) is 1.95. The van der Waals surface area contributed by atoms with Crippen LogP contribution < -0.4 is 5.32 Å². The third kappa shape index (κ3) is 4.99. The molecule has 0 unspecified atom stereocenters. The Morgan fingerprint density at radius 3 is 2.04 bits per heavy atom. The summed E-state index contributed by atoms with van der Waals surface area (Å²) in [5, 5.41) is 12.7. The number of carbonyl (C=O) groups excluding carboxylic acids is 1. The van der Waals surface area contributed by atoms with Gasteiger partial charge in [-0.3, -0.25) is 4.79 Å². The van der Waals surface area contributed by atoms with Gasteiger partial charge in [-0.25, -0.2) is 4.79 Å². The van der Waals surface area contributed by atoms with Crippen molar-refractivity contribution >= 4 is 35.1 Å². The van der Waals surface area contributed by atoms with Crippen molar-refractivity contribution < 1.29 is 14.7 Å². The van der Waals surface area contributed by atoms with Crippen LogP contribution in [-0.2, 0) is 16.6 Å². The number of benzene rings is 2. The first-order valence-corrected chi connectivity index (χ1v) is 8.92. The standard InChI is InChI=1S/C20H21Cl2NO3/c1-20(2,3)13-9-7-12(8-10-13)18(24)23-17(19(25)26)11-14-15(21)5-4-6-16(14)22/h4-10,17H,11H2,1-3H3,(H,23,24)(H,25,26)/t17-/m1/s1. The smallest absolute Gasteiger partial charge is 0.326 e. The van der Waals surface area contributed by atoms with Gasteiger partial charge in [-0.1, -0.05) is 62.2 Å². The highest BCUT2D eigenvalue weighted by Crippen LogP contribution is 2.26. The van der Waals surface area contributed by atoms with Crippen LogP contribution in [0.4, 0.5) is 0 Å². The first kappa shape index (κ1) is 20.3. The number of hydrogen-bond acceptors (Lipinski definition) is 2. The lowest BCUT2D eigenvalue weighted by atomic mass is 9.86. The second-order valence-electron chi connectivity index (χ2n) is 7.10. The SMILES string of the molecule is CC(C)(C)c1ccc(C(=O)N[C@H](Cc2c(Cl)cccc2Cl)C(=O)O)cc1. The molecule has 1 atom stereocenters. The largest absolute Gasteiger partial charge is 0.480 e. The van der Waals surface area contributed by atoms with E-state index in [0.29, 0.717) is 21.2 Å². The zero-order valence-electron chi connectivity index (χ0n) is 14.8. The third-order valence-corrected chi connectivity index (χ3v) is 4.79. The number of aliphatic carboxylic acids is 1. The fourth-order valence-corrected chi connectivity index (χ4v) is 3.05. The molecule has 4 nitrogen and oxygen atoms in total. The van der Waals surface area contributed by atoms with Gasteiger partial charge in [-0.2, -0.15) is 0 Å². The van der Waals surface area contributed by atoms with Crippen molar-refractivity contribution in [2.45, 2.75) is 38.6 Å². The molecule has 0 aromatic heterocycles. The van der Waals surface area contributed by atoms with Crippen molar-refractivity contribution in [3.05, 3.63) is 69.2 Å². The Labute approximate surface area is 163 Å². The number of carboxylic acid groups (broad SMARTS) is 1. The fourth-order valence-electron chi connectivity index (χ4n) is 2.49. The Bertz CT molecular complexity index is 791. The second kappa shape index (κ2) is 8.11. The van der Waals surface area contributed by atoms with Gasteiger partial charge in [0.15, 0.2) is 0 Å². The predicted octanol–water partition coefficient (Wildman–Crippen LogP) is 4.72. The summed E-state index contributed by atoms with van der Waals surface area (Å²) < 4.78 is 0. The number of nitrogens with one attached hydrogen (secondary N) is 1. The Morgan fingerprint density at radius 1 is 1.04 bits per heavy atom. The first-order valence-electron chi connectivity index (χ1n) is 8.16. The average molecular weight is 394 g/mol. The van der Waals surface area contributed by atoms with Gasteiger partial charge in [0.2, 0.25) is 0 Å². The summed E-state index contributed by atoms with van der Waals surface area (Å²) in [6.45, 7) is 6.24. The van der Waals surface area contributed by atoms with Gasteiger partial charge in [0.1, 0.15) is 6.04 Å². The number of halogens is 2.